The summed E-state index contributed by atoms with van der Waals surface area (Å²) in [6.45, 7) is 1.81. The number of benzene rings is 2. The fourth-order valence-electron chi connectivity index (χ4n) is 2.72. The molecule has 140 valence electrons. The summed E-state index contributed by atoms with van der Waals surface area (Å²) in [5.74, 6) is 1.43. The highest BCUT2D eigenvalue weighted by Gasteiger charge is 2.16. The van der Waals surface area contributed by atoms with Crippen LogP contribution >= 0.6 is 0 Å². The van der Waals surface area contributed by atoms with E-state index in [1.165, 1.54) is 6.08 Å². The molecule has 4 N–H and O–H groups in total. The third-order valence-electron chi connectivity index (χ3n) is 4.12. The number of hydrogen-bond donors (Lipinski definition) is 3. The standard InChI is InChI=1S/C21H19N5O2/c1-14-13-19(26(25-14)18-10-6-16(7-11-18)20(22)23)21(28)24-17-8-4-15(5-9-17)3-2-12-27/h2,4-11,13H,3H2,1H3,(H3,22,23)(H,24,28). The van der Waals surface area contributed by atoms with Crippen LogP contribution in [-0.2, 0) is 11.2 Å². The van der Waals surface area contributed by atoms with Gasteiger partial charge in [-0.15, -0.1) is 0 Å². The summed E-state index contributed by atoms with van der Waals surface area (Å²) in [5.41, 5.74) is 9.46. The number of carbonyl (C=O) groups is 1. The first kappa shape index (κ1) is 18.8. The number of allylic oxidation sites excluding steroid dienone is 1. The lowest BCUT2D eigenvalue weighted by molar-refractivity contribution is 0.101. The summed E-state index contributed by atoms with van der Waals surface area (Å²) in [4.78, 5) is 23.1. The van der Waals surface area contributed by atoms with Crippen molar-refractivity contribution in [1.29, 1.82) is 5.41 Å². The number of nitrogens with zero attached hydrogens (tertiary/aromatic N) is 2. The zero-order valence-corrected chi connectivity index (χ0v) is 15.3. The minimum atomic E-state index is -0.295. The van der Waals surface area contributed by atoms with Gasteiger partial charge >= 0.3 is 0 Å². The second kappa shape index (κ2) is 8.16. The van der Waals surface area contributed by atoms with Gasteiger partial charge in [-0.2, -0.15) is 5.10 Å². The molecule has 0 bridgehead atoms. The van der Waals surface area contributed by atoms with Crippen LogP contribution in [-0.4, -0.2) is 27.5 Å². The third kappa shape index (κ3) is 4.23. The Morgan fingerprint density at radius 3 is 2.50 bits per heavy atom. The van der Waals surface area contributed by atoms with E-state index in [2.05, 4.69) is 10.4 Å². The van der Waals surface area contributed by atoms with Crippen molar-refractivity contribution in [2.75, 3.05) is 5.32 Å². The molecule has 0 saturated heterocycles. The SMILES string of the molecule is Cc1cc(C(=O)Nc2ccc(CC=C=O)cc2)n(-c2ccc(C(=N)N)cc2)n1. The first-order chi connectivity index (χ1) is 13.5. The fraction of sp³-hybridized carbons (Fsp3) is 0.0952. The predicted octanol–water partition coefficient (Wildman–Crippen LogP) is 2.65. The van der Waals surface area contributed by atoms with Gasteiger partial charge in [0.25, 0.3) is 5.91 Å². The van der Waals surface area contributed by atoms with E-state index in [0.29, 0.717) is 34.7 Å². The smallest absolute Gasteiger partial charge is 0.274 e. The van der Waals surface area contributed by atoms with Gasteiger partial charge in [-0.1, -0.05) is 12.1 Å². The minimum absolute atomic E-state index is 0.0201. The van der Waals surface area contributed by atoms with Crippen molar-refractivity contribution in [2.45, 2.75) is 13.3 Å². The van der Waals surface area contributed by atoms with E-state index in [-0.39, 0.29) is 11.7 Å². The van der Waals surface area contributed by atoms with Gasteiger partial charge in [0.05, 0.1) is 11.4 Å². The van der Waals surface area contributed by atoms with Crippen LogP contribution in [0.2, 0.25) is 0 Å². The number of nitrogen functional groups attached to an aromatic ring is 1. The second-order valence-electron chi connectivity index (χ2n) is 6.22. The monoisotopic (exact) mass is 373 g/mol. The Morgan fingerprint density at radius 2 is 1.89 bits per heavy atom. The van der Waals surface area contributed by atoms with Gasteiger partial charge in [0.2, 0.25) is 0 Å². The molecule has 7 nitrogen and oxygen atoms in total. The highest BCUT2D eigenvalue weighted by atomic mass is 16.2. The number of rotatable bonds is 6. The molecular formula is C21H19N5O2. The molecule has 0 fully saturated rings. The predicted molar refractivity (Wildman–Crippen MR) is 108 cm³/mol. The average Bonchev–Trinajstić information content (AvgIpc) is 3.09. The molecule has 1 amide bonds. The minimum Gasteiger partial charge on any atom is -0.384 e. The molecule has 0 atom stereocenters. The highest BCUT2D eigenvalue weighted by molar-refractivity contribution is 6.03. The molecule has 2 aromatic carbocycles. The van der Waals surface area contributed by atoms with Gasteiger partial charge in [-0.25, -0.2) is 9.48 Å². The Morgan fingerprint density at radius 1 is 1.21 bits per heavy atom. The van der Waals surface area contributed by atoms with Crippen LogP contribution in [0.15, 0.2) is 60.7 Å². The number of anilines is 1. The van der Waals surface area contributed by atoms with Crippen molar-refractivity contribution < 1.29 is 9.59 Å². The quantitative estimate of drug-likeness (QED) is 0.350. The zero-order valence-electron chi connectivity index (χ0n) is 15.3. The van der Waals surface area contributed by atoms with Gasteiger partial charge in [-0.05, 0) is 55.0 Å². The number of nitrogens with two attached hydrogens (primary N) is 1. The molecule has 0 spiro atoms. The van der Waals surface area contributed by atoms with Gasteiger partial charge in [0, 0.05) is 23.7 Å². The molecule has 3 rings (SSSR count). The van der Waals surface area contributed by atoms with Crippen molar-refractivity contribution in [2.24, 2.45) is 5.73 Å². The van der Waals surface area contributed by atoms with E-state index in [0.717, 1.165) is 5.56 Å². The molecule has 7 heteroatoms. The summed E-state index contributed by atoms with van der Waals surface area (Å²) >= 11 is 0. The van der Waals surface area contributed by atoms with E-state index in [9.17, 15) is 9.59 Å². The van der Waals surface area contributed by atoms with E-state index in [1.807, 2.05) is 19.1 Å². The van der Waals surface area contributed by atoms with Crippen LogP contribution in [0, 0.1) is 12.3 Å². The van der Waals surface area contributed by atoms with Crippen LogP contribution in [0.4, 0.5) is 5.69 Å². The number of aryl methyl sites for hydroxylation is 1. The molecule has 1 heterocycles. The lowest BCUT2D eigenvalue weighted by Gasteiger charge is -2.09. The van der Waals surface area contributed by atoms with Crippen molar-refractivity contribution in [1.82, 2.24) is 9.78 Å². The van der Waals surface area contributed by atoms with Gasteiger partial charge in [-0.3, -0.25) is 10.2 Å². The Bertz CT molecular complexity index is 1060. The largest absolute Gasteiger partial charge is 0.384 e. The van der Waals surface area contributed by atoms with Gasteiger partial charge < -0.3 is 11.1 Å². The number of amides is 1. The third-order valence-corrected chi connectivity index (χ3v) is 4.12. The van der Waals surface area contributed by atoms with Gasteiger partial charge in [0.15, 0.2) is 0 Å². The number of aromatic nitrogens is 2. The molecule has 0 saturated carbocycles. The molecule has 0 aliphatic heterocycles. The van der Waals surface area contributed by atoms with Crippen molar-refractivity contribution >= 4 is 23.4 Å². The van der Waals surface area contributed by atoms with Crippen molar-refractivity contribution in [3.63, 3.8) is 0 Å². The van der Waals surface area contributed by atoms with Crippen LogP contribution in [0.5, 0.6) is 0 Å². The Balaban J connectivity index is 1.82. The average molecular weight is 373 g/mol. The molecule has 0 unspecified atom stereocenters. The molecule has 0 aliphatic rings. The number of amidine groups is 1. The second-order valence-corrected chi connectivity index (χ2v) is 6.22. The van der Waals surface area contributed by atoms with E-state index < -0.39 is 0 Å². The number of hydrogen-bond acceptors (Lipinski definition) is 4. The molecule has 0 radical (unpaired) electrons. The van der Waals surface area contributed by atoms with E-state index in [1.54, 1.807) is 53.1 Å². The van der Waals surface area contributed by atoms with Crippen LogP contribution in [0.25, 0.3) is 5.69 Å². The zero-order chi connectivity index (χ0) is 20.1. The highest BCUT2D eigenvalue weighted by Crippen LogP contribution is 2.17. The lowest BCUT2D eigenvalue weighted by atomic mass is 10.1. The number of nitrogens with one attached hydrogen (secondary N) is 2. The summed E-state index contributed by atoms with van der Waals surface area (Å²) in [6, 6.07) is 15.9. The normalized spacial score (nSPS) is 10.2. The molecule has 3 aromatic rings. The van der Waals surface area contributed by atoms with Crippen molar-refractivity contribution in [3.05, 3.63) is 83.2 Å². The Kier molecular flexibility index (Phi) is 5.48. The maximum absolute atomic E-state index is 12.8. The molecular weight excluding hydrogens is 354 g/mol. The maximum atomic E-state index is 12.8. The van der Waals surface area contributed by atoms with Crippen LogP contribution < -0.4 is 11.1 Å². The molecule has 0 aliphatic carbocycles. The number of carbonyl (C=O) groups excluding carboxylic acids is 2. The summed E-state index contributed by atoms with van der Waals surface area (Å²) in [7, 11) is 0. The lowest BCUT2D eigenvalue weighted by Crippen LogP contribution is -2.17. The van der Waals surface area contributed by atoms with Crippen LogP contribution in [0.3, 0.4) is 0 Å². The Hall–Kier alpha value is -3.96. The Labute approximate surface area is 162 Å². The first-order valence-corrected chi connectivity index (χ1v) is 8.59. The fourth-order valence-corrected chi connectivity index (χ4v) is 2.72. The summed E-state index contributed by atoms with van der Waals surface area (Å²) in [6.07, 6.45) is 1.91. The van der Waals surface area contributed by atoms with Crippen LogP contribution in [0.1, 0.15) is 27.3 Å². The summed E-state index contributed by atoms with van der Waals surface area (Å²) < 4.78 is 1.55. The van der Waals surface area contributed by atoms with Crippen molar-refractivity contribution in [3.8, 4) is 5.69 Å². The molecule has 28 heavy (non-hydrogen) atoms. The molecule has 1 aromatic heterocycles. The van der Waals surface area contributed by atoms with E-state index >= 15 is 0 Å². The van der Waals surface area contributed by atoms with E-state index in [4.69, 9.17) is 11.1 Å². The van der Waals surface area contributed by atoms with Gasteiger partial charge in [0.1, 0.15) is 17.5 Å². The summed E-state index contributed by atoms with van der Waals surface area (Å²) in [5, 5.41) is 14.7. The maximum Gasteiger partial charge on any atom is 0.274 e. The topological polar surface area (TPSA) is 114 Å². The first-order valence-electron chi connectivity index (χ1n) is 8.59.